The van der Waals surface area contributed by atoms with Gasteiger partial charge in [-0.25, -0.2) is 4.79 Å². The molecule has 10 nitrogen and oxygen atoms in total. The van der Waals surface area contributed by atoms with Crippen molar-refractivity contribution in [3.8, 4) is 5.75 Å². The minimum Gasteiger partial charge on any atom is -0.492 e. The minimum atomic E-state index is -1.29. The molecule has 1 aliphatic heterocycles. The van der Waals surface area contributed by atoms with Crippen molar-refractivity contribution in [3.05, 3.63) is 64.7 Å². The molecule has 5 atom stereocenters. The Kier molecular flexibility index (Phi) is 10.6. The summed E-state index contributed by atoms with van der Waals surface area (Å²) >= 11 is 1.29. The van der Waals surface area contributed by atoms with Crippen molar-refractivity contribution in [2.24, 2.45) is 11.1 Å². The van der Waals surface area contributed by atoms with Gasteiger partial charge in [-0.05, 0) is 67.8 Å². The highest BCUT2D eigenvalue weighted by molar-refractivity contribution is 7.99. The molecule has 0 unspecified atom stereocenters. The van der Waals surface area contributed by atoms with Gasteiger partial charge >= 0.3 is 6.03 Å². The van der Waals surface area contributed by atoms with Crippen molar-refractivity contribution in [2.75, 3.05) is 26.0 Å². The summed E-state index contributed by atoms with van der Waals surface area (Å²) in [7, 11) is 0. The van der Waals surface area contributed by atoms with E-state index in [-0.39, 0.29) is 19.7 Å². The number of nitrogens with two attached hydrogens (primary N) is 1. The van der Waals surface area contributed by atoms with Gasteiger partial charge in [0.05, 0.1) is 12.0 Å². The van der Waals surface area contributed by atoms with E-state index in [9.17, 15) is 24.9 Å². The maximum absolute atomic E-state index is 11.9. The lowest BCUT2D eigenvalue weighted by Crippen LogP contribution is -2.52. The number of aliphatic hydroxyl groups is 3. The monoisotopic (exact) mass is 561 g/mol. The van der Waals surface area contributed by atoms with Crippen LogP contribution in [0.15, 0.2) is 42.5 Å². The Morgan fingerprint density at radius 1 is 1.05 bits per heavy atom. The molecule has 1 aliphatic rings. The van der Waals surface area contributed by atoms with Crippen LogP contribution in [0.5, 0.6) is 5.75 Å². The summed E-state index contributed by atoms with van der Waals surface area (Å²) in [5.41, 5.74) is 7.76. The first-order valence-electron chi connectivity index (χ1n) is 12.8. The van der Waals surface area contributed by atoms with E-state index in [1.54, 1.807) is 20.1 Å². The van der Waals surface area contributed by atoms with Crippen LogP contribution in [0.3, 0.4) is 0 Å². The first-order chi connectivity index (χ1) is 18.4. The summed E-state index contributed by atoms with van der Waals surface area (Å²) in [5, 5.41) is 36.3. The van der Waals surface area contributed by atoms with Gasteiger partial charge in [-0.2, -0.15) is 0 Å². The van der Waals surface area contributed by atoms with Crippen LogP contribution < -0.4 is 21.1 Å². The Bertz CT molecular complexity index is 1130. The number of thioether (sulfide) groups is 1. The van der Waals surface area contributed by atoms with Crippen molar-refractivity contribution in [2.45, 2.75) is 57.0 Å². The molecule has 0 aliphatic carbocycles. The van der Waals surface area contributed by atoms with Crippen LogP contribution in [0.4, 0.5) is 4.79 Å². The number of urea groups is 1. The number of amides is 3. The molecule has 2 aromatic rings. The largest absolute Gasteiger partial charge is 0.492 e. The quantitative estimate of drug-likeness (QED) is 0.225. The van der Waals surface area contributed by atoms with Gasteiger partial charge in [-0.1, -0.05) is 30.3 Å². The predicted molar refractivity (Wildman–Crippen MR) is 149 cm³/mol. The fourth-order valence-corrected chi connectivity index (χ4v) is 4.76. The molecule has 3 amide bonds. The molecule has 3 rings (SSSR count). The Morgan fingerprint density at radius 3 is 2.38 bits per heavy atom. The smallest absolute Gasteiger partial charge is 0.314 e. The zero-order chi connectivity index (χ0) is 28.7. The summed E-state index contributed by atoms with van der Waals surface area (Å²) in [6, 6.07) is 13.0. The SMILES string of the molecule is CS[C@H]1O[C@@H](c2ccc(C)c(Cc3ccc(OCCNC(=O)NCC(C)(C)C(N)=O)cc3)c2)[C@H](O)[C@@H](O)[C@@H]1O. The van der Waals surface area contributed by atoms with Gasteiger partial charge in [0.2, 0.25) is 5.91 Å². The van der Waals surface area contributed by atoms with Gasteiger partial charge < -0.3 is 41.2 Å². The highest BCUT2D eigenvalue weighted by Gasteiger charge is 2.44. The average Bonchev–Trinajstić information content (AvgIpc) is 2.91. The third-order valence-corrected chi connectivity index (χ3v) is 7.69. The second kappa shape index (κ2) is 13.5. The number of carbonyl (C=O) groups is 2. The number of aryl methyl sites for hydroxylation is 1. The molecule has 1 saturated heterocycles. The van der Waals surface area contributed by atoms with Gasteiger partial charge in [0.1, 0.15) is 42.2 Å². The molecule has 0 aromatic heterocycles. The number of hydrogen-bond acceptors (Lipinski definition) is 8. The van der Waals surface area contributed by atoms with Crippen molar-refractivity contribution < 1.29 is 34.4 Å². The fourth-order valence-electron chi connectivity index (χ4n) is 4.08. The lowest BCUT2D eigenvalue weighted by molar-refractivity contribution is -0.200. The van der Waals surface area contributed by atoms with Crippen molar-refractivity contribution >= 4 is 23.7 Å². The molecule has 1 fully saturated rings. The molecule has 1 heterocycles. The van der Waals surface area contributed by atoms with Crippen LogP contribution in [0.25, 0.3) is 0 Å². The highest BCUT2D eigenvalue weighted by Crippen LogP contribution is 2.36. The second-order valence-corrected chi connectivity index (χ2v) is 11.3. The molecule has 39 heavy (non-hydrogen) atoms. The van der Waals surface area contributed by atoms with Crippen LogP contribution >= 0.6 is 11.8 Å². The molecule has 7 N–H and O–H groups in total. The molecule has 0 bridgehead atoms. The number of nitrogens with one attached hydrogen (secondary N) is 2. The number of benzene rings is 2. The van der Waals surface area contributed by atoms with E-state index in [4.69, 9.17) is 15.2 Å². The number of rotatable bonds is 11. The Hall–Kier alpha value is -2.83. The van der Waals surface area contributed by atoms with Gasteiger partial charge in [-0.15, -0.1) is 11.8 Å². The molecule has 2 aromatic carbocycles. The number of carbonyl (C=O) groups excluding carboxylic acids is 2. The zero-order valence-corrected chi connectivity index (χ0v) is 23.5. The highest BCUT2D eigenvalue weighted by atomic mass is 32.2. The minimum absolute atomic E-state index is 0.135. The Morgan fingerprint density at radius 2 is 1.74 bits per heavy atom. The molecular formula is C28H39N3O7S. The van der Waals surface area contributed by atoms with Crippen LogP contribution in [0, 0.1) is 12.3 Å². The third kappa shape index (κ3) is 8.09. The van der Waals surface area contributed by atoms with Crippen LogP contribution in [-0.2, 0) is 16.0 Å². The first kappa shape index (κ1) is 30.7. The summed E-state index contributed by atoms with van der Waals surface area (Å²) in [6.07, 6.45) is -2.02. The number of primary amides is 1. The lowest BCUT2D eigenvalue weighted by Gasteiger charge is -2.40. The van der Waals surface area contributed by atoms with Gasteiger partial charge in [0.15, 0.2) is 0 Å². The van der Waals surface area contributed by atoms with Gasteiger partial charge in [0.25, 0.3) is 0 Å². The average molecular weight is 562 g/mol. The number of ether oxygens (including phenoxy) is 2. The topological polar surface area (TPSA) is 163 Å². The molecule has 0 saturated carbocycles. The van der Waals surface area contributed by atoms with Crippen LogP contribution in [0.2, 0.25) is 0 Å². The normalized spacial score (nSPS) is 23.2. The van der Waals surface area contributed by atoms with Crippen molar-refractivity contribution in [1.82, 2.24) is 10.6 Å². The fraction of sp³-hybridized carbons (Fsp3) is 0.500. The van der Waals surface area contributed by atoms with E-state index >= 15 is 0 Å². The number of aliphatic hydroxyl groups excluding tert-OH is 3. The lowest BCUT2D eigenvalue weighted by atomic mass is 9.91. The first-order valence-corrected chi connectivity index (χ1v) is 14.1. The van der Waals surface area contributed by atoms with E-state index in [2.05, 4.69) is 10.6 Å². The molecule has 11 heteroatoms. The Labute approximate surface area is 233 Å². The predicted octanol–water partition coefficient (Wildman–Crippen LogP) is 1.62. The van der Waals surface area contributed by atoms with Gasteiger partial charge in [0, 0.05) is 6.54 Å². The molecule has 0 spiro atoms. The van der Waals surface area contributed by atoms with Gasteiger partial charge in [-0.3, -0.25) is 4.79 Å². The van der Waals surface area contributed by atoms with E-state index in [0.29, 0.717) is 12.2 Å². The van der Waals surface area contributed by atoms with Crippen molar-refractivity contribution in [1.29, 1.82) is 0 Å². The summed E-state index contributed by atoms with van der Waals surface area (Å²) in [5.74, 6) is 0.176. The summed E-state index contributed by atoms with van der Waals surface area (Å²) in [4.78, 5) is 23.2. The van der Waals surface area contributed by atoms with E-state index < -0.39 is 47.2 Å². The number of hydrogen-bond donors (Lipinski definition) is 6. The Balaban J connectivity index is 1.53. The van der Waals surface area contributed by atoms with E-state index in [0.717, 1.165) is 22.3 Å². The summed E-state index contributed by atoms with van der Waals surface area (Å²) < 4.78 is 11.6. The molecule has 214 valence electrons. The maximum atomic E-state index is 11.9. The maximum Gasteiger partial charge on any atom is 0.314 e. The zero-order valence-electron chi connectivity index (χ0n) is 22.7. The molecular weight excluding hydrogens is 522 g/mol. The van der Waals surface area contributed by atoms with Crippen LogP contribution in [-0.4, -0.2) is 77.0 Å². The third-order valence-electron chi connectivity index (χ3n) is 6.84. The van der Waals surface area contributed by atoms with Crippen LogP contribution in [0.1, 0.15) is 42.2 Å². The van der Waals surface area contributed by atoms with E-state index in [1.807, 2.05) is 49.4 Å². The molecule has 0 radical (unpaired) electrons. The van der Waals surface area contributed by atoms with E-state index in [1.165, 1.54) is 11.8 Å². The van der Waals surface area contributed by atoms with Crippen molar-refractivity contribution in [3.63, 3.8) is 0 Å². The standard InChI is InChI=1S/C28H39N3O7S/c1-16-5-8-18(24-22(33)21(32)23(34)25(38-24)39-4)14-19(16)13-17-6-9-20(10-7-17)37-12-11-30-27(36)31-15-28(2,3)26(29)35/h5-10,14,21-25,32-34H,11-13,15H2,1-4H3,(H2,29,35)(H2,30,31,36)/t21-,22-,23+,24+,25-/m1/s1. The second-order valence-electron chi connectivity index (χ2n) is 10.3. The summed E-state index contributed by atoms with van der Waals surface area (Å²) in [6.45, 7) is 6.03.